The maximum Gasteiger partial charge on any atom is 0.273 e. The molecule has 1 unspecified atom stereocenters. The van der Waals surface area contributed by atoms with E-state index in [2.05, 4.69) is 0 Å². The number of sulfonamides is 1. The number of nitrogens with two attached hydrogens (primary N) is 1. The van der Waals surface area contributed by atoms with Crippen LogP contribution in [0.2, 0.25) is 9.36 Å². The summed E-state index contributed by atoms with van der Waals surface area (Å²) in [6, 6.07) is 5.46. The number of rotatable bonds is 4. The number of fused-ring (bicyclic) bond motifs is 1. The van der Waals surface area contributed by atoms with E-state index in [1.807, 2.05) is 4.72 Å². The molecule has 7 nitrogen and oxygen atoms in total. The van der Waals surface area contributed by atoms with E-state index in [0.717, 1.165) is 17.4 Å². The Balaban J connectivity index is 1.82. The Morgan fingerprint density at radius 1 is 1.37 bits per heavy atom. The van der Waals surface area contributed by atoms with E-state index >= 15 is 0 Å². The van der Waals surface area contributed by atoms with Gasteiger partial charge in [0.15, 0.2) is 0 Å². The van der Waals surface area contributed by atoms with E-state index in [0.29, 0.717) is 16.8 Å². The molecular weight excluding hydrogens is 433 g/mol. The Kier molecular flexibility index (Phi) is 5.33. The van der Waals surface area contributed by atoms with E-state index in [-0.39, 0.29) is 19.5 Å². The van der Waals surface area contributed by atoms with Gasteiger partial charge in [-0.2, -0.15) is 0 Å². The number of amides is 2. The van der Waals surface area contributed by atoms with E-state index in [4.69, 9.17) is 28.9 Å². The van der Waals surface area contributed by atoms with E-state index in [1.165, 1.54) is 17.0 Å². The van der Waals surface area contributed by atoms with Crippen molar-refractivity contribution in [1.29, 1.82) is 0 Å². The summed E-state index contributed by atoms with van der Waals surface area (Å²) in [5.74, 6) is -1.12. The Morgan fingerprint density at radius 3 is 2.70 bits per heavy atom. The van der Waals surface area contributed by atoms with Crippen LogP contribution in [0.5, 0.6) is 0 Å². The van der Waals surface area contributed by atoms with Crippen LogP contribution >= 0.6 is 34.5 Å². The fourth-order valence-corrected chi connectivity index (χ4v) is 5.46. The van der Waals surface area contributed by atoms with Gasteiger partial charge in [0, 0.05) is 24.4 Å². The molecule has 2 heterocycles. The average Bonchev–Trinajstić information content (AvgIpc) is 3.06. The zero-order valence-corrected chi connectivity index (χ0v) is 16.9. The molecule has 0 saturated carbocycles. The van der Waals surface area contributed by atoms with Crippen molar-refractivity contribution in [2.75, 3.05) is 11.9 Å². The summed E-state index contributed by atoms with van der Waals surface area (Å²) in [5, 5.41) is 0.0904. The summed E-state index contributed by atoms with van der Waals surface area (Å²) < 4.78 is 26.3. The number of likely N-dealkylation sites (N-methyl/N-ethyl adjacent to an activating group) is 1. The molecule has 0 spiro atoms. The maximum atomic E-state index is 12.2. The zero-order valence-electron chi connectivity index (χ0n) is 13.8. The highest BCUT2D eigenvalue weighted by atomic mass is 35.5. The van der Waals surface area contributed by atoms with Crippen LogP contribution in [0.4, 0.5) is 5.69 Å². The van der Waals surface area contributed by atoms with Crippen LogP contribution in [0.3, 0.4) is 0 Å². The summed E-state index contributed by atoms with van der Waals surface area (Å²) in [6.45, 7) is 0. The molecule has 0 fully saturated rings. The summed E-state index contributed by atoms with van der Waals surface area (Å²) >= 11 is 12.2. The lowest BCUT2D eigenvalue weighted by atomic mass is 10.0. The Labute approximate surface area is 169 Å². The van der Waals surface area contributed by atoms with Gasteiger partial charge in [-0.3, -0.25) is 9.59 Å². The van der Waals surface area contributed by atoms with Gasteiger partial charge in [0.05, 0.1) is 5.02 Å². The topological polar surface area (TPSA) is 110 Å². The standard InChI is InChI=1S/C16H13Cl2N3O4S2/c1-21-10-4-2-3-8(13(10)14(19)16(21)23)5-6-11(22)20-27(24,25)12-7-9(17)15(18)26-12/h2-7,14H,19H2,1H3,(H,20,22)/b6-5+. The second-order valence-electron chi connectivity index (χ2n) is 5.65. The molecule has 0 aliphatic carbocycles. The molecule has 1 atom stereocenters. The van der Waals surface area contributed by atoms with Gasteiger partial charge in [0.2, 0.25) is 5.91 Å². The summed E-state index contributed by atoms with van der Waals surface area (Å²) in [7, 11) is -2.48. The summed E-state index contributed by atoms with van der Waals surface area (Å²) in [5.41, 5.74) is 7.71. The number of thiophene rings is 1. The summed E-state index contributed by atoms with van der Waals surface area (Å²) in [4.78, 5) is 25.5. The quantitative estimate of drug-likeness (QED) is 0.702. The lowest BCUT2D eigenvalue weighted by Crippen LogP contribution is -2.28. The highest BCUT2D eigenvalue weighted by Crippen LogP contribution is 2.36. The Bertz CT molecular complexity index is 1060. The first-order chi connectivity index (χ1) is 12.6. The predicted molar refractivity (Wildman–Crippen MR) is 105 cm³/mol. The van der Waals surface area contributed by atoms with E-state index < -0.39 is 22.0 Å². The fraction of sp³-hybridized carbons (Fsp3) is 0.125. The Morgan fingerprint density at radius 2 is 2.07 bits per heavy atom. The minimum Gasteiger partial charge on any atom is -0.316 e. The first-order valence-corrected chi connectivity index (χ1v) is 10.5. The number of anilines is 1. The Hall–Kier alpha value is -1.91. The van der Waals surface area contributed by atoms with Crippen LogP contribution in [0.1, 0.15) is 17.2 Å². The first-order valence-electron chi connectivity index (χ1n) is 7.47. The van der Waals surface area contributed by atoms with Crippen molar-refractivity contribution in [3.05, 3.63) is 50.8 Å². The number of hydrogen-bond donors (Lipinski definition) is 2. The maximum absolute atomic E-state index is 12.2. The van der Waals surface area contributed by atoms with E-state index in [1.54, 1.807) is 25.2 Å². The summed E-state index contributed by atoms with van der Waals surface area (Å²) in [6.07, 6.45) is 2.46. The molecule has 11 heteroatoms. The van der Waals surface area contributed by atoms with Crippen LogP contribution in [0.25, 0.3) is 6.08 Å². The van der Waals surface area contributed by atoms with Crippen LogP contribution in [0, 0.1) is 0 Å². The number of carbonyl (C=O) groups is 2. The van der Waals surface area contributed by atoms with Crippen LogP contribution in [0.15, 0.2) is 34.6 Å². The second kappa shape index (κ2) is 7.25. The lowest BCUT2D eigenvalue weighted by Gasteiger charge is -2.09. The van der Waals surface area contributed by atoms with Crippen molar-refractivity contribution < 1.29 is 18.0 Å². The van der Waals surface area contributed by atoms with Crippen molar-refractivity contribution in [3.63, 3.8) is 0 Å². The molecule has 0 radical (unpaired) electrons. The fourth-order valence-electron chi connectivity index (χ4n) is 2.64. The minimum absolute atomic E-state index is 0.0904. The van der Waals surface area contributed by atoms with Crippen molar-refractivity contribution in [2.24, 2.45) is 5.73 Å². The molecule has 3 N–H and O–H groups in total. The van der Waals surface area contributed by atoms with Crippen LogP contribution in [-0.4, -0.2) is 27.3 Å². The third kappa shape index (κ3) is 3.74. The zero-order chi connectivity index (χ0) is 19.9. The van der Waals surface area contributed by atoms with Gasteiger partial charge in [-0.25, -0.2) is 13.1 Å². The van der Waals surface area contributed by atoms with Crippen LogP contribution < -0.4 is 15.4 Å². The van der Waals surface area contributed by atoms with Gasteiger partial charge in [-0.1, -0.05) is 35.3 Å². The molecule has 1 aliphatic rings. The van der Waals surface area contributed by atoms with Gasteiger partial charge < -0.3 is 10.6 Å². The molecule has 142 valence electrons. The molecule has 0 bridgehead atoms. The monoisotopic (exact) mass is 445 g/mol. The molecule has 3 rings (SSSR count). The number of benzene rings is 1. The number of nitrogens with one attached hydrogen (secondary N) is 1. The molecule has 2 amide bonds. The van der Waals surface area contributed by atoms with Crippen molar-refractivity contribution in [2.45, 2.75) is 10.3 Å². The van der Waals surface area contributed by atoms with Gasteiger partial charge in [0.25, 0.3) is 15.9 Å². The average molecular weight is 446 g/mol. The molecule has 1 aromatic heterocycles. The highest BCUT2D eigenvalue weighted by Gasteiger charge is 2.33. The lowest BCUT2D eigenvalue weighted by molar-refractivity contribution is -0.119. The van der Waals surface area contributed by atoms with Gasteiger partial charge in [-0.05, 0) is 23.8 Å². The van der Waals surface area contributed by atoms with Gasteiger partial charge in [0.1, 0.15) is 14.6 Å². The molecule has 27 heavy (non-hydrogen) atoms. The molecular formula is C16H13Cl2N3O4S2. The minimum atomic E-state index is -4.09. The number of hydrogen-bond acceptors (Lipinski definition) is 6. The number of nitrogens with zero attached hydrogens (tertiary/aromatic N) is 1. The predicted octanol–water partition coefficient (Wildman–Crippen LogP) is 2.55. The molecule has 2 aromatic rings. The normalized spacial score (nSPS) is 16.8. The van der Waals surface area contributed by atoms with Crippen molar-refractivity contribution in [3.8, 4) is 0 Å². The third-order valence-electron chi connectivity index (χ3n) is 3.92. The van der Waals surface area contributed by atoms with Crippen molar-refractivity contribution in [1.82, 2.24) is 4.72 Å². The first kappa shape index (κ1) is 19.8. The largest absolute Gasteiger partial charge is 0.316 e. The third-order valence-corrected chi connectivity index (χ3v) is 7.61. The smallest absolute Gasteiger partial charge is 0.273 e. The highest BCUT2D eigenvalue weighted by molar-refractivity contribution is 7.92. The molecule has 1 aromatic carbocycles. The molecule has 0 saturated heterocycles. The van der Waals surface area contributed by atoms with Gasteiger partial charge >= 0.3 is 0 Å². The van der Waals surface area contributed by atoms with E-state index in [9.17, 15) is 18.0 Å². The van der Waals surface area contributed by atoms with Gasteiger partial charge in [-0.15, -0.1) is 11.3 Å². The number of halogens is 2. The molecule has 1 aliphatic heterocycles. The van der Waals surface area contributed by atoms with Crippen LogP contribution in [-0.2, 0) is 19.6 Å². The SMILES string of the molecule is CN1C(=O)C(N)c2c(/C=C/C(=O)NS(=O)(=O)c3cc(Cl)c(Cl)s3)cccc21. The number of carbonyl (C=O) groups excluding carboxylic acids is 2. The van der Waals surface area contributed by atoms with Crippen molar-refractivity contribution >= 4 is 68.1 Å². The second-order valence-corrected chi connectivity index (χ2v) is 9.62.